The van der Waals surface area contributed by atoms with E-state index >= 15 is 0 Å². The first-order valence-electron chi connectivity index (χ1n) is 12.2. The number of carbonyl (C=O) groups excluding carboxylic acids is 1. The lowest BCUT2D eigenvalue weighted by atomic mass is 9.80. The van der Waals surface area contributed by atoms with Crippen LogP contribution in [0.5, 0.6) is 0 Å². The summed E-state index contributed by atoms with van der Waals surface area (Å²) >= 11 is 0. The topological polar surface area (TPSA) is 94.7 Å². The van der Waals surface area contributed by atoms with Crippen LogP contribution >= 0.6 is 0 Å². The van der Waals surface area contributed by atoms with E-state index in [1.165, 1.54) is 0 Å². The van der Waals surface area contributed by atoms with E-state index in [-0.39, 0.29) is 35.7 Å². The molecular formula is C26H35N3O5. The van der Waals surface area contributed by atoms with Gasteiger partial charge >= 0.3 is 0 Å². The van der Waals surface area contributed by atoms with Gasteiger partial charge in [-0.15, -0.1) is 0 Å². The number of carbonyl (C=O) groups is 1. The van der Waals surface area contributed by atoms with Crippen LogP contribution in [0.2, 0.25) is 0 Å². The lowest BCUT2D eigenvalue weighted by Crippen LogP contribution is -2.40. The molecule has 3 atom stereocenters. The van der Waals surface area contributed by atoms with E-state index in [1.54, 1.807) is 10.8 Å². The highest BCUT2D eigenvalue weighted by Gasteiger charge is 2.41. The number of allylic oxidation sites excluding steroid dienone is 1. The Bertz CT molecular complexity index is 1080. The summed E-state index contributed by atoms with van der Waals surface area (Å²) in [4.78, 5) is 26.7. The van der Waals surface area contributed by atoms with E-state index in [0.717, 1.165) is 24.2 Å². The summed E-state index contributed by atoms with van der Waals surface area (Å²) in [7, 11) is 1.86. The van der Waals surface area contributed by atoms with Crippen LogP contribution in [0.3, 0.4) is 0 Å². The average molecular weight is 470 g/mol. The van der Waals surface area contributed by atoms with Crippen LogP contribution in [0.4, 0.5) is 0 Å². The highest BCUT2D eigenvalue weighted by atomic mass is 16.7. The molecule has 8 heteroatoms. The molecule has 0 spiro atoms. The number of aliphatic hydroxyl groups excluding tert-OH is 1. The van der Waals surface area contributed by atoms with Crippen LogP contribution in [-0.2, 0) is 21.3 Å². The van der Waals surface area contributed by atoms with E-state index in [2.05, 4.69) is 5.32 Å². The molecule has 1 aliphatic heterocycles. The Kier molecular flexibility index (Phi) is 7.58. The highest BCUT2D eigenvalue weighted by molar-refractivity contribution is 5.91. The molecule has 0 unspecified atom stereocenters. The number of hydrogen-bond donors (Lipinski definition) is 2. The zero-order valence-electron chi connectivity index (χ0n) is 20.2. The van der Waals surface area contributed by atoms with Gasteiger partial charge in [0.25, 0.3) is 11.5 Å². The molecule has 2 aliphatic rings. The third-order valence-corrected chi connectivity index (χ3v) is 6.82. The zero-order valence-corrected chi connectivity index (χ0v) is 20.2. The predicted octanol–water partition coefficient (Wildman–Crippen LogP) is 2.76. The zero-order chi connectivity index (χ0) is 24.2. The molecule has 1 fully saturated rings. The van der Waals surface area contributed by atoms with Crippen molar-refractivity contribution in [2.45, 2.75) is 51.7 Å². The molecule has 0 radical (unpaired) electrons. The third kappa shape index (κ3) is 4.98. The number of rotatable bonds is 10. The van der Waals surface area contributed by atoms with Crippen LogP contribution in [0.15, 0.2) is 47.0 Å². The summed E-state index contributed by atoms with van der Waals surface area (Å²) in [5, 5.41) is 12.5. The Hall–Kier alpha value is -2.84. The number of para-hydroxylation sites is 1. The summed E-state index contributed by atoms with van der Waals surface area (Å²) in [6.45, 7) is 4.87. The van der Waals surface area contributed by atoms with Crippen molar-refractivity contribution in [3.8, 4) is 5.69 Å². The number of nitrogens with zero attached hydrogens (tertiary/aromatic N) is 2. The van der Waals surface area contributed by atoms with Crippen molar-refractivity contribution < 1.29 is 19.4 Å². The van der Waals surface area contributed by atoms with Crippen molar-refractivity contribution in [3.05, 3.63) is 63.8 Å². The maximum absolute atomic E-state index is 13.8. The van der Waals surface area contributed by atoms with Gasteiger partial charge in [-0.25, -0.2) is 4.68 Å². The normalized spacial score (nSPS) is 22.2. The second kappa shape index (κ2) is 10.6. The Morgan fingerprint density at radius 3 is 2.65 bits per heavy atom. The highest BCUT2D eigenvalue weighted by Crippen LogP contribution is 2.39. The lowest BCUT2D eigenvalue weighted by Gasteiger charge is -2.36. The van der Waals surface area contributed by atoms with E-state index in [0.29, 0.717) is 37.5 Å². The molecule has 0 saturated heterocycles. The summed E-state index contributed by atoms with van der Waals surface area (Å²) in [5.41, 5.74) is 2.08. The monoisotopic (exact) mass is 469 g/mol. The van der Waals surface area contributed by atoms with E-state index in [9.17, 15) is 14.7 Å². The van der Waals surface area contributed by atoms with Crippen molar-refractivity contribution in [2.24, 2.45) is 18.9 Å². The molecule has 2 N–H and O–H groups in total. The van der Waals surface area contributed by atoms with Gasteiger partial charge in [-0.1, -0.05) is 18.2 Å². The third-order valence-electron chi connectivity index (χ3n) is 6.82. The van der Waals surface area contributed by atoms with Gasteiger partial charge in [-0.3, -0.25) is 14.3 Å². The van der Waals surface area contributed by atoms with Crippen molar-refractivity contribution >= 4 is 5.91 Å². The second-order valence-electron chi connectivity index (χ2n) is 9.16. The lowest BCUT2D eigenvalue weighted by molar-refractivity contribution is -0.166. The molecular weight excluding hydrogens is 434 g/mol. The fourth-order valence-electron chi connectivity index (χ4n) is 4.72. The van der Waals surface area contributed by atoms with Gasteiger partial charge in [0.15, 0.2) is 5.76 Å². The van der Waals surface area contributed by atoms with Crippen molar-refractivity contribution in [1.82, 2.24) is 14.7 Å². The molecule has 2 heterocycles. The predicted molar refractivity (Wildman–Crippen MR) is 129 cm³/mol. The van der Waals surface area contributed by atoms with Crippen LogP contribution in [0.1, 0.15) is 49.8 Å². The number of aliphatic hydroxyl groups is 1. The first-order chi connectivity index (χ1) is 16.5. The van der Waals surface area contributed by atoms with Crippen molar-refractivity contribution in [3.63, 3.8) is 0 Å². The minimum absolute atomic E-state index is 0.0303. The van der Waals surface area contributed by atoms with E-state index in [4.69, 9.17) is 9.47 Å². The summed E-state index contributed by atoms with van der Waals surface area (Å²) in [5.74, 6) is -0.150. The Balaban J connectivity index is 1.78. The minimum Gasteiger partial charge on any atom is -0.459 e. The van der Waals surface area contributed by atoms with Crippen LogP contribution in [-0.4, -0.2) is 46.4 Å². The van der Waals surface area contributed by atoms with Gasteiger partial charge in [0, 0.05) is 49.9 Å². The fraction of sp³-hybridized carbons (Fsp3) is 0.538. The maximum atomic E-state index is 13.8. The SMILES string of the molecule is CCO[C@H]1OC(C(=O)NCC2CC2)=C[C@@H](c2c(C)n(C)n(-c3ccccc3)c2=O)[C@@H]1CCCO. The molecule has 34 heavy (non-hydrogen) atoms. The number of nitrogens with one attached hydrogen (secondary N) is 1. The van der Waals surface area contributed by atoms with Crippen LogP contribution in [0, 0.1) is 18.8 Å². The van der Waals surface area contributed by atoms with E-state index in [1.807, 2.05) is 55.9 Å². The Labute approximate surface area is 200 Å². The molecule has 1 saturated carbocycles. The van der Waals surface area contributed by atoms with Gasteiger partial charge in [-0.05, 0) is 63.7 Å². The second-order valence-corrected chi connectivity index (χ2v) is 9.16. The molecule has 1 aromatic heterocycles. The summed E-state index contributed by atoms with van der Waals surface area (Å²) in [6, 6.07) is 9.50. The van der Waals surface area contributed by atoms with Gasteiger partial charge < -0.3 is 19.9 Å². The van der Waals surface area contributed by atoms with E-state index < -0.39 is 6.29 Å². The minimum atomic E-state index is -0.683. The summed E-state index contributed by atoms with van der Waals surface area (Å²) < 4.78 is 15.5. The smallest absolute Gasteiger partial charge is 0.286 e. The number of benzene rings is 1. The van der Waals surface area contributed by atoms with Crippen LogP contribution < -0.4 is 10.9 Å². The quantitative estimate of drug-likeness (QED) is 0.558. The maximum Gasteiger partial charge on any atom is 0.286 e. The Morgan fingerprint density at radius 2 is 2.00 bits per heavy atom. The molecule has 0 bridgehead atoms. The molecule has 184 valence electrons. The van der Waals surface area contributed by atoms with Crippen molar-refractivity contribution in [2.75, 3.05) is 19.8 Å². The molecule has 2 aromatic rings. The van der Waals surface area contributed by atoms with Crippen LogP contribution in [0.25, 0.3) is 5.69 Å². The Morgan fingerprint density at radius 1 is 1.26 bits per heavy atom. The largest absolute Gasteiger partial charge is 0.459 e. The molecule has 4 rings (SSSR count). The first kappa shape index (κ1) is 24.3. The first-order valence-corrected chi connectivity index (χ1v) is 12.2. The van der Waals surface area contributed by atoms with Crippen molar-refractivity contribution in [1.29, 1.82) is 0 Å². The van der Waals surface area contributed by atoms with Gasteiger partial charge in [0.1, 0.15) is 0 Å². The molecule has 8 nitrogen and oxygen atoms in total. The molecule has 1 amide bonds. The molecule has 1 aliphatic carbocycles. The summed E-state index contributed by atoms with van der Waals surface area (Å²) in [6.07, 6.45) is 4.50. The fourth-order valence-corrected chi connectivity index (χ4v) is 4.72. The number of ether oxygens (including phenoxy) is 2. The average Bonchev–Trinajstić information content (AvgIpc) is 3.64. The number of amides is 1. The number of hydrogen-bond acceptors (Lipinski definition) is 5. The van der Waals surface area contributed by atoms with Gasteiger partial charge in [0.05, 0.1) is 5.69 Å². The number of aromatic nitrogens is 2. The standard InChI is InChI=1S/C26H35N3O5/c1-4-33-26-20(11-8-14-30)21(15-22(34-26)24(31)27-16-18-12-13-18)23-17(2)28(3)29(25(23)32)19-9-6-5-7-10-19/h5-7,9-10,15,18,20-21,26,30H,4,8,11-14,16H2,1-3H3,(H,27,31)/t20-,21+,26-/m0/s1. The van der Waals surface area contributed by atoms with Gasteiger partial charge in [0.2, 0.25) is 6.29 Å². The molecule has 1 aromatic carbocycles. The van der Waals surface area contributed by atoms with Gasteiger partial charge in [-0.2, -0.15) is 0 Å².